The number of hydrogen-bond donors (Lipinski definition) is 3. The van der Waals surface area contributed by atoms with Gasteiger partial charge < -0.3 is 25.8 Å². The van der Waals surface area contributed by atoms with E-state index in [-0.39, 0.29) is 17.9 Å². The summed E-state index contributed by atoms with van der Waals surface area (Å²) in [4.78, 5) is 16.4. The number of anilines is 1. The highest BCUT2D eigenvalue weighted by atomic mass is 35.5. The maximum atomic E-state index is 12.2. The molecule has 0 radical (unpaired) electrons. The summed E-state index contributed by atoms with van der Waals surface area (Å²) in [6.45, 7) is 4.96. The zero-order valence-electron chi connectivity index (χ0n) is 17.6. The maximum Gasteiger partial charge on any atom is 0.220 e. The molecule has 162 valence electrons. The van der Waals surface area contributed by atoms with Gasteiger partial charge in [0.15, 0.2) is 5.96 Å². The lowest BCUT2D eigenvalue weighted by atomic mass is 10.1. The first-order valence-electron chi connectivity index (χ1n) is 9.85. The summed E-state index contributed by atoms with van der Waals surface area (Å²) >= 11 is 6.09. The van der Waals surface area contributed by atoms with Crippen LogP contribution >= 0.6 is 11.6 Å². The number of hydrogen-bond acceptors (Lipinski definition) is 4. The molecular formula is C22H29ClN4O3. The minimum atomic E-state index is -0.0803. The number of halogens is 1. The number of amides is 1. The van der Waals surface area contributed by atoms with Gasteiger partial charge in [0.1, 0.15) is 11.5 Å². The van der Waals surface area contributed by atoms with E-state index in [2.05, 4.69) is 15.6 Å². The van der Waals surface area contributed by atoms with Crippen molar-refractivity contribution in [2.75, 3.05) is 25.6 Å². The third kappa shape index (κ3) is 7.48. The monoisotopic (exact) mass is 432 g/mol. The fraction of sp³-hybridized carbons (Fsp3) is 0.364. The summed E-state index contributed by atoms with van der Waals surface area (Å²) in [5.41, 5.74) is 7.62. The van der Waals surface area contributed by atoms with Crippen LogP contribution in [0.4, 0.5) is 5.69 Å². The number of nitrogens with two attached hydrogens (primary N) is 1. The normalized spacial score (nSPS) is 12.2. The number of nitrogens with zero attached hydrogens (tertiary/aromatic N) is 1. The Balaban J connectivity index is 1.73. The standard InChI is InChI=1S/C22H29ClN4O3/c1-4-30-18-10-7-16(8-11-18)15(2)26-21(28)6-5-13-25-22(24)27-17-9-12-20(29-3)19(23)14-17/h7-12,14-15H,4-6,13H2,1-3H3,(H,26,28)(H3,24,25,27). The van der Waals surface area contributed by atoms with E-state index in [9.17, 15) is 4.79 Å². The van der Waals surface area contributed by atoms with E-state index in [1.54, 1.807) is 25.3 Å². The molecule has 0 aliphatic carbocycles. The SMILES string of the molecule is CCOc1ccc(C(C)NC(=O)CCCN=C(N)Nc2ccc(OC)c(Cl)c2)cc1. The van der Waals surface area contributed by atoms with E-state index >= 15 is 0 Å². The van der Waals surface area contributed by atoms with Crippen molar-refractivity contribution in [1.29, 1.82) is 0 Å². The maximum absolute atomic E-state index is 12.2. The number of aliphatic imine (C=N–C) groups is 1. The van der Waals surface area contributed by atoms with E-state index in [0.717, 1.165) is 11.3 Å². The Labute approximate surface area is 182 Å². The van der Waals surface area contributed by atoms with Gasteiger partial charge in [-0.15, -0.1) is 0 Å². The highest BCUT2D eigenvalue weighted by Crippen LogP contribution is 2.27. The molecular weight excluding hydrogens is 404 g/mol. The van der Waals surface area contributed by atoms with Crippen molar-refractivity contribution in [3.8, 4) is 11.5 Å². The summed E-state index contributed by atoms with van der Waals surface area (Å²) < 4.78 is 10.5. The number of rotatable bonds is 10. The molecule has 2 aromatic carbocycles. The van der Waals surface area contributed by atoms with Crippen LogP contribution in [-0.4, -0.2) is 32.1 Å². The number of ether oxygens (including phenoxy) is 2. The zero-order chi connectivity index (χ0) is 21.9. The first-order chi connectivity index (χ1) is 14.4. The van der Waals surface area contributed by atoms with Crippen LogP contribution in [0.15, 0.2) is 47.5 Å². The Hall–Kier alpha value is -2.93. The highest BCUT2D eigenvalue weighted by molar-refractivity contribution is 6.32. The average molecular weight is 433 g/mol. The van der Waals surface area contributed by atoms with Crippen LogP contribution in [0.3, 0.4) is 0 Å². The van der Waals surface area contributed by atoms with Crippen molar-refractivity contribution in [2.45, 2.75) is 32.7 Å². The van der Waals surface area contributed by atoms with Crippen LogP contribution in [0.5, 0.6) is 11.5 Å². The quantitative estimate of drug-likeness (QED) is 0.298. The molecule has 8 heteroatoms. The molecule has 1 atom stereocenters. The Morgan fingerprint density at radius 1 is 1.23 bits per heavy atom. The third-order valence-electron chi connectivity index (χ3n) is 4.34. The molecule has 0 saturated carbocycles. The third-order valence-corrected chi connectivity index (χ3v) is 4.63. The Morgan fingerprint density at radius 2 is 1.97 bits per heavy atom. The number of nitrogens with one attached hydrogen (secondary N) is 2. The van der Waals surface area contributed by atoms with Crippen molar-refractivity contribution >= 4 is 29.2 Å². The molecule has 7 nitrogen and oxygen atoms in total. The molecule has 30 heavy (non-hydrogen) atoms. The van der Waals surface area contributed by atoms with Gasteiger partial charge in [0.2, 0.25) is 5.91 Å². The second-order valence-electron chi connectivity index (χ2n) is 6.64. The molecule has 0 fully saturated rings. The topological polar surface area (TPSA) is 98.0 Å². The largest absolute Gasteiger partial charge is 0.495 e. The zero-order valence-corrected chi connectivity index (χ0v) is 18.3. The molecule has 0 heterocycles. The van der Waals surface area contributed by atoms with Crippen LogP contribution in [0.1, 0.15) is 38.3 Å². The highest BCUT2D eigenvalue weighted by Gasteiger charge is 2.09. The summed E-state index contributed by atoms with van der Waals surface area (Å²) in [6, 6.07) is 12.9. The molecule has 1 unspecified atom stereocenters. The minimum absolute atomic E-state index is 0.0277. The fourth-order valence-corrected chi connectivity index (χ4v) is 3.04. The number of benzene rings is 2. The molecule has 4 N–H and O–H groups in total. The number of methoxy groups -OCH3 is 1. The van der Waals surface area contributed by atoms with Crippen LogP contribution in [0, 0.1) is 0 Å². The summed E-state index contributed by atoms with van der Waals surface area (Å²) in [5.74, 6) is 1.64. The van der Waals surface area contributed by atoms with Crippen LogP contribution in [-0.2, 0) is 4.79 Å². The number of carbonyl (C=O) groups is 1. The van der Waals surface area contributed by atoms with Gasteiger partial charge in [-0.1, -0.05) is 23.7 Å². The van der Waals surface area contributed by atoms with Crippen LogP contribution < -0.4 is 25.8 Å². The van der Waals surface area contributed by atoms with Crippen molar-refractivity contribution in [2.24, 2.45) is 10.7 Å². The van der Waals surface area contributed by atoms with Gasteiger partial charge in [0, 0.05) is 18.7 Å². The molecule has 0 spiro atoms. The predicted octanol–water partition coefficient (Wildman–Crippen LogP) is 4.13. The molecule has 0 bridgehead atoms. The van der Waals surface area contributed by atoms with Gasteiger partial charge in [-0.05, 0) is 56.2 Å². The van der Waals surface area contributed by atoms with Gasteiger partial charge in [-0.25, -0.2) is 0 Å². The first-order valence-corrected chi connectivity index (χ1v) is 10.2. The smallest absolute Gasteiger partial charge is 0.220 e. The number of carbonyl (C=O) groups excluding carboxylic acids is 1. The fourth-order valence-electron chi connectivity index (χ4n) is 2.79. The van der Waals surface area contributed by atoms with Crippen molar-refractivity contribution in [3.05, 3.63) is 53.1 Å². The molecule has 1 amide bonds. The molecule has 0 aromatic heterocycles. The van der Waals surface area contributed by atoms with E-state index < -0.39 is 0 Å². The van der Waals surface area contributed by atoms with Gasteiger partial charge in [0.05, 0.1) is 24.8 Å². The molecule has 2 rings (SSSR count). The van der Waals surface area contributed by atoms with Gasteiger partial charge >= 0.3 is 0 Å². The minimum Gasteiger partial charge on any atom is -0.495 e. The molecule has 0 aliphatic rings. The summed E-state index contributed by atoms with van der Waals surface area (Å²) in [6.07, 6.45) is 0.958. The molecule has 2 aromatic rings. The molecule has 0 aliphatic heterocycles. The molecule has 0 saturated heterocycles. The van der Waals surface area contributed by atoms with Crippen LogP contribution in [0.25, 0.3) is 0 Å². The van der Waals surface area contributed by atoms with Crippen LogP contribution in [0.2, 0.25) is 5.02 Å². The lowest BCUT2D eigenvalue weighted by Crippen LogP contribution is -2.26. The van der Waals surface area contributed by atoms with Crippen molar-refractivity contribution in [3.63, 3.8) is 0 Å². The lowest BCUT2D eigenvalue weighted by molar-refractivity contribution is -0.121. The van der Waals surface area contributed by atoms with E-state index in [1.807, 2.05) is 38.1 Å². The van der Waals surface area contributed by atoms with Crippen molar-refractivity contribution < 1.29 is 14.3 Å². The summed E-state index contributed by atoms with van der Waals surface area (Å²) in [5, 5.41) is 6.44. The van der Waals surface area contributed by atoms with Gasteiger partial charge in [-0.3, -0.25) is 9.79 Å². The Kier molecular flexibility index (Phi) is 9.28. The second kappa shape index (κ2) is 11.9. The Morgan fingerprint density at radius 3 is 2.60 bits per heavy atom. The second-order valence-corrected chi connectivity index (χ2v) is 7.04. The first kappa shape index (κ1) is 23.3. The van der Waals surface area contributed by atoms with E-state index in [4.69, 9.17) is 26.8 Å². The van der Waals surface area contributed by atoms with E-state index in [1.165, 1.54) is 0 Å². The van der Waals surface area contributed by atoms with Gasteiger partial charge in [-0.2, -0.15) is 0 Å². The van der Waals surface area contributed by atoms with E-state index in [0.29, 0.717) is 42.5 Å². The van der Waals surface area contributed by atoms with Crippen molar-refractivity contribution in [1.82, 2.24) is 5.32 Å². The summed E-state index contributed by atoms with van der Waals surface area (Å²) in [7, 11) is 1.55. The predicted molar refractivity (Wildman–Crippen MR) is 122 cm³/mol. The Bertz CT molecular complexity index is 856. The lowest BCUT2D eigenvalue weighted by Gasteiger charge is -2.15. The van der Waals surface area contributed by atoms with Gasteiger partial charge in [0.25, 0.3) is 0 Å². The number of guanidine groups is 1. The average Bonchev–Trinajstić information content (AvgIpc) is 2.72.